The molecule has 3 nitrogen and oxygen atoms in total. The number of carbonyl (C=O) groups excluding carboxylic acids is 1. The van der Waals surface area contributed by atoms with Crippen molar-refractivity contribution >= 4 is 5.97 Å². The standard InChI is InChI=1S/C15H29NO2/c1-12(2)8-6-10-16-11-7-9-13(16)14(17)18-15(3,4)5/h12-13H,6-11H2,1-5H3/t13-/m0/s1. The van der Waals surface area contributed by atoms with E-state index < -0.39 is 0 Å². The first-order chi connectivity index (χ1) is 8.29. The van der Waals surface area contributed by atoms with Crippen molar-refractivity contribution in [2.24, 2.45) is 5.92 Å². The van der Waals surface area contributed by atoms with Crippen LogP contribution in [-0.2, 0) is 9.53 Å². The van der Waals surface area contributed by atoms with Crippen molar-refractivity contribution in [1.29, 1.82) is 0 Å². The van der Waals surface area contributed by atoms with E-state index in [1.165, 1.54) is 12.8 Å². The predicted octanol–water partition coefficient (Wildman–Crippen LogP) is 3.23. The maximum Gasteiger partial charge on any atom is 0.323 e. The van der Waals surface area contributed by atoms with Gasteiger partial charge in [-0.05, 0) is 65.5 Å². The number of ether oxygens (including phenoxy) is 1. The van der Waals surface area contributed by atoms with Crippen LogP contribution < -0.4 is 0 Å². The van der Waals surface area contributed by atoms with E-state index in [4.69, 9.17) is 4.74 Å². The van der Waals surface area contributed by atoms with Gasteiger partial charge in [0.2, 0.25) is 0 Å². The molecular weight excluding hydrogens is 226 g/mol. The molecule has 0 aromatic carbocycles. The Hall–Kier alpha value is -0.570. The molecule has 0 aromatic heterocycles. The number of hydrogen-bond donors (Lipinski definition) is 0. The van der Waals surface area contributed by atoms with E-state index in [1.54, 1.807) is 0 Å². The smallest absolute Gasteiger partial charge is 0.323 e. The Balaban J connectivity index is 2.41. The van der Waals surface area contributed by atoms with Crippen LogP contribution in [-0.4, -0.2) is 35.6 Å². The van der Waals surface area contributed by atoms with Gasteiger partial charge in [-0.1, -0.05) is 13.8 Å². The van der Waals surface area contributed by atoms with Crippen molar-refractivity contribution in [3.8, 4) is 0 Å². The van der Waals surface area contributed by atoms with Gasteiger partial charge in [-0.3, -0.25) is 9.69 Å². The zero-order chi connectivity index (χ0) is 13.8. The topological polar surface area (TPSA) is 29.5 Å². The Bertz CT molecular complexity index is 268. The molecule has 0 amide bonds. The molecule has 0 saturated carbocycles. The minimum atomic E-state index is -0.372. The van der Waals surface area contributed by atoms with Gasteiger partial charge in [-0.2, -0.15) is 0 Å². The van der Waals surface area contributed by atoms with Gasteiger partial charge >= 0.3 is 5.97 Å². The van der Waals surface area contributed by atoms with E-state index in [-0.39, 0.29) is 17.6 Å². The van der Waals surface area contributed by atoms with Gasteiger partial charge in [0.25, 0.3) is 0 Å². The highest BCUT2D eigenvalue weighted by Crippen LogP contribution is 2.21. The lowest BCUT2D eigenvalue weighted by Crippen LogP contribution is -2.40. The normalized spacial score (nSPS) is 21.6. The van der Waals surface area contributed by atoms with Crippen molar-refractivity contribution in [2.75, 3.05) is 13.1 Å². The highest BCUT2D eigenvalue weighted by molar-refractivity contribution is 5.76. The van der Waals surface area contributed by atoms with Crippen molar-refractivity contribution in [3.63, 3.8) is 0 Å². The van der Waals surface area contributed by atoms with E-state index in [0.29, 0.717) is 0 Å². The first-order valence-corrected chi connectivity index (χ1v) is 7.26. The molecule has 0 aromatic rings. The number of esters is 1. The fourth-order valence-corrected chi connectivity index (χ4v) is 2.43. The molecule has 1 fully saturated rings. The molecule has 1 rings (SSSR count). The molecule has 1 heterocycles. The lowest BCUT2D eigenvalue weighted by Gasteiger charge is -2.27. The molecular formula is C15H29NO2. The molecule has 18 heavy (non-hydrogen) atoms. The summed E-state index contributed by atoms with van der Waals surface area (Å²) in [5, 5.41) is 0. The second-order valence-electron chi connectivity index (χ2n) is 6.76. The molecule has 106 valence electrons. The lowest BCUT2D eigenvalue weighted by atomic mass is 10.1. The summed E-state index contributed by atoms with van der Waals surface area (Å²) in [5.41, 5.74) is -0.372. The van der Waals surface area contributed by atoms with Crippen LogP contribution >= 0.6 is 0 Å². The van der Waals surface area contributed by atoms with Gasteiger partial charge in [0.15, 0.2) is 0 Å². The van der Waals surface area contributed by atoms with Crippen molar-refractivity contribution in [2.45, 2.75) is 71.9 Å². The molecule has 0 aliphatic carbocycles. The lowest BCUT2D eigenvalue weighted by molar-refractivity contribution is -0.160. The molecule has 1 aliphatic heterocycles. The SMILES string of the molecule is CC(C)CCCN1CCC[C@H]1C(=O)OC(C)(C)C. The Kier molecular flexibility index (Phi) is 5.64. The number of likely N-dealkylation sites (tertiary alicyclic amines) is 1. The minimum Gasteiger partial charge on any atom is -0.459 e. The van der Waals surface area contributed by atoms with Gasteiger partial charge in [-0.25, -0.2) is 0 Å². The molecule has 0 bridgehead atoms. The Morgan fingerprint density at radius 1 is 1.39 bits per heavy atom. The number of nitrogens with zero attached hydrogens (tertiary/aromatic N) is 1. The highest BCUT2D eigenvalue weighted by Gasteiger charge is 2.33. The largest absolute Gasteiger partial charge is 0.459 e. The van der Waals surface area contributed by atoms with Gasteiger partial charge < -0.3 is 4.74 Å². The Morgan fingerprint density at radius 2 is 2.06 bits per heavy atom. The van der Waals surface area contributed by atoms with Gasteiger partial charge in [-0.15, -0.1) is 0 Å². The van der Waals surface area contributed by atoms with E-state index in [1.807, 2.05) is 20.8 Å². The van der Waals surface area contributed by atoms with Gasteiger partial charge in [0.05, 0.1) is 0 Å². The highest BCUT2D eigenvalue weighted by atomic mass is 16.6. The maximum absolute atomic E-state index is 12.1. The zero-order valence-electron chi connectivity index (χ0n) is 12.7. The fraction of sp³-hybridized carbons (Fsp3) is 0.933. The molecule has 1 aliphatic rings. The van der Waals surface area contributed by atoms with Crippen LogP contribution in [0.2, 0.25) is 0 Å². The van der Waals surface area contributed by atoms with Crippen molar-refractivity contribution in [1.82, 2.24) is 4.90 Å². The number of rotatable bonds is 5. The minimum absolute atomic E-state index is 0.00335. The molecule has 0 radical (unpaired) electrons. The van der Waals surface area contributed by atoms with E-state index in [2.05, 4.69) is 18.7 Å². The van der Waals surface area contributed by atoms with Crippen molar-refractivity contribution < 1.29 is 9.53 Å². The van der Waals surface area contributed by atoms with E-state index >= 15 is 0 Å². The first-order valence-electron chi connectivity index (χ1n) is 7.26. The first kappa shape index (κ1) is 15.5. The maximum atomic E-state index is 12.1. The summed E-state index contributed by atoms with van der Waals surface area (Å²) in [6.45, 7) is 12.4. The summed E-state index contributed by atoms with van der Waals surface area (Å²) < 4.78 is 5.50. The van der Waals surface area contributed by atoms with Crippen LogP contribution in [0.5, 0.6) is 0 Å². The predicted molar refractivity (Wildman–Crippen MR) is 74.5 cm³/mol. The van der Waals surface area contributed by atoms with Crippen LogP contribution in [0, 0.1) is 5.92 Å². The third-order valence-corrected chi connectivity index (χ3v) is 3.27. The molecule has 3 heteroatoms. The van der Waals surface area contributed by atoms with Crippen LogP contribution in [0.25, 0.3) is 0 Å². The molecule has 0 N–H and O–H groups in total. The average molecular weight is 255 g/mol. The summed E-state index contributed by atoms with van der Waals surface area (Å²) in [6.07, 6.45) is 4.48. The number of carbonyl (C=O) groups is 1. The Labute approximate surface area is 112 Å². The van der Waals surface area contributed by atoms with Gasteiger partial charge in [0.1, 0.15) is 11.6 Å². The third kappa shape index (κ3) is 5.38. The van der Waals surface area contributed by atoms with Crippen LogP contribution in [0.1, 0.15) is 60.3 Å². The molecule has 1 atom stereocenters. The summed E-state index contributed by atoms with van der Waals surface area (Å²) in [5.74, 6) is 0.706. The Morgan fingerprint density at radius 3 is 2.61 bits per heavy atom. The summed E-state index contributed by atoms with van der Waals surface area (Å²) in [7, 11) is 0. The van der Waals surface area contributed by atoms with Crippen LogP contribution in [0.4, 0.5) is 0 Å². The fourth-order valence-electron chi connectivity index (χ4n) is 2.43. The van der Waals surface area contributed by atoms with Crippen molar-refractivity contribution in [3.05, 3.63) is 0 Å². The van der Waals surface area contributed by atoms with E-state index in [9.17, 15) is 4.79 Å². The molecule has 0 unspecified atom stereocenters. The van der Waals surface area contributed by atoms with E-state index in [0.717, 1.165) is 31.8 Å². The van der Waals surface area contributed by atoms with Crippen LogP contribution in [0.3, 0.4) is 0 Å². The average Bonchev–Trinajstić information content (AvgIpc) is 2.62. The third-order valence-electron chi connectivity index (χ3n) is 3.27. The molecule has 1 saturated heterocycles. The summed E-state index contributed by atoms with van der Waals surface area (Å²) >= 11 is 0. The summed E-state index contributed by atoms with van der Waals surface area (Å²) in [6, 6.07) is -0.00335. The molecule has 0 spiro atoms. The number of hydrogen-bond acceptors (Lipinski definition) is 3. The zero-order valence-corrected chi connectivity index (χ0v) is 12.7. The summed E-state index contributed by atoms with van der Waals surface area (Å²) in [4.78, 5) is 14.4. The quantitative estimate of drug-likeness (QED) is 0.706. The monoisotopic (exact) mass is 255 g/mol. The second-order valence-corrected chi connectivity index (χ2v) is 6.76. The van der Waals surface area contributed by atoms with Crippen LogP contribution in [0.15, 0.2) is 0 Å². The van der Waals surface area contributed by atoms with Gasteiger partial charge in [0, 0.05) is 0 Å². The second kappa shape index (κ2) is 6.55.